The lowest BCUT2D eigenvalue weighted by Crippen LogP contribution is -2.24. The van der Waals surface area contributed by atoms with Crippen LogP contribution < -0.4 is 9.47 Å². The number of aromatic nitrogens is 1. The van der Waals surface area contributed by atoms with Crippen LogP contribution >= 0.6 is 0 Å². The topological polar surface area (TPSA) is 31.4 Å². The summed E-state index contributed by atoms with van der Waals surface area (Å²) in [6.07, 6.45) is 22.2. The molecule has 3 aliphatic rings. The van der Waals surface area contributed by atoms with Crippen molar-refractivity contribution in [2.24, 2.45) is 23.7 Å². The van der Waals surface area contributed by atoms with Crippen molar-refractivity contribution < 1.29 is 13.9 Å². The van der Waals surface area contributed by atoms with Crippen LogP contribution in [0.1, 0.15) is 103 Å². The molecule has 1 aromatic rings. The predicted molar refractivity (Wildman–Crippen MR) is 132 cm³/mol. The lowest BCUT2D eigenvalue weighted by molar-refractivity contribution is 0.183. The van der Waals surface area contributed by atoms with Gasteiger partial charge in [-0.1, -0.05) is 64.4 Å². The van der Waals surface area contributed by atoms with E-state index < -0.39 is 5.95 Å². The van der Waals surface area contributed by atoms with Gasteiger partial charge in [0.05, 0.1) is 6.61 Å². The first-order valence-electron chi connectivity index (χ1n) is 13.8. The van der Waals surface area contributed by atoms with Gasteiger partial charge in [-0.15, -0.1) is 0 Å². The normalized spacial score (nSPS) is 26.2. The van der Waals surface area contributed by atoms with Gasteiger partial charge in [0.25, 0.3) is 5.95 Å². The summed E-state index contributed by atoms with van der Waals surface area (Å²) in [7, 11) is 0. The standard InChI is InChI=1S/C29H44FNO2/c1-2-3-4-7-22-10-14-25(15-11-22)26-16-12-24(13-17-26)21-33-28-19-18-27(29(30)31-28)32-20-23-8-5-6-9-23/h12,18-19,22-23,25-26H,2-11,13-17,20-21H2,1H3. The molecule has 1 unspecified atom stereocenters. The largest absolute Gasteiger partial charge is 0.488 e. The van der Waals surface area contributed by atoms with Crippen LogP contribution in [0.2, 0.25) is 0 Å². The third-order valence-electron chi connectivity index (χ3n) is 8.46. The molecule has 2 saturated carbocycles. The lowest BCUT2D eigenvalue weighted by atomic mass is 9.70. The molecule has 3 nitrogen and oxygen atoms in total. The fourth-order valence-electron chi connectivity index (χ4n) is 6.24. The second-order valence-electron chi connectivity index (χ2n) is 10.9. The molecule has 33 heavy (non-hydrogen) atoms. The highest BCUT2D eigenvalue weighted by atomic mass is 19.1. The van der Waals surface area contributed by atoms with Crippen molar-refractivity contribution >= 4 is 0 Å². The third-order valence-corrected chi connectivity index (χ3v) is 8.46. The second kappa shape index (κ2) is 12.8. The number of pyridine rings is 1. The van der Waals surface area contributed by atoms with Gasteiger partial charge in [-0.25, -0.2) is 0 Å². The molecule has 0 amide bonds. The van der Waals surface area contributed by atoms with E-state index in [1.54, 1.807) is 12.1 Å². The predicted octanol–water partition coefficient (Wildman–Crippen LogP) is 8.28. The molecular formula is C29H44FNO2. The number of unbranched alkanes of at least 4 members (excludes halogenated alkanes) is 2. The zero-order valence-electron chi connectivity index (χ0n) is 20.7. The van der Waals surface area contributed by atoms with Gasteiger partial charge in [-0.3, -0.25) is 0 Å². The van der Waals surface area contributed by atoms with Gasteiger partial charge in [-0.2, -0.15) is 9.37 Å². The fraction of sp³-hybridized carbons (Fsp3) is 0.759. The Morgan fingerprint density at radius 1 is 0.909 bits per heavy atom. The molecule has 0 aromatic carbocycles. The van der Waals surface area contributed by atoms with Gasteiger partial charge in [0, 0.05) is 6.07 Å². The van der Waals surface area contributed by atoms with Crippen LogP contribution in [0.15, 0.2) is 23.8 Å². The van der Waals surface area contributed by atoms with Gasteiger partial charge in [0.1, 0.15) is 6.61 Å². The van der Waals surface area contributed by atoms with Gasteiger partial charge in [0.2, 0.25) is 5.88 Å². The Bertz CT molecular complexity index is 750. The smallest absolute Gasteiger partial charge is 0.258 e. The minimum absolute atomic E-state index is 0.244. The Hall–Kier alpha value is -1.58. The second-order valence-corrected chi connectivity index (χ2v) is 10.9. The van der Waals surface area contributed by atoms with Gasteiger partial charge < -0.3 is 9.47 Å². The minimum atomic E-state index is -0.562. The number of ether oxygens (including phenoxy) is 2. The number of halogens is 1. The first kappa shape index (κ1) is 24.5. The average Bonchev–Trinajstić information content (AvgIpc) is 3.37. The highest BCUT2D eigenvalue weighted by molar-refractivity contribution is 5.25. The van der Waals surface area contributed by atoms with E-state index in [9.17, 15) is 4.39 Å². The number of hydrogen-bond donors (Lipinski definition) is 0. The quantitative estimate of drug-likeness (QED) is 0.190. The van der Waals surface area contributed by atoms with Crippen LogP contribution in [0.5, 0.6) is 11.6 Å². The van der Waals surface area contributed by atoms with E-state index in [0.717, 1.165) is 24.2 Å². The van der Waals surface area contributed by atoms with E-state index >= 15 is 0 Å². The van der Waals surface area contributed by atoms with Crippen molar-refractivity contribution in [2.45, 2.75) is 103 Å². The maximum absolute atomic E-state index is 14.3. The fourth-order valence-corrected chi connectivity index (χ4v) is 6.24. The van der Waals surface area contributed by atoms with Crippen molar-refractivity contribution in [1.82, 2.24) is 4.98 Å². The molecule has 184 valence electrons. The molecule has 1 heterocycles. The third kappa shape index (κ3) is 7.45. The summed E-state index contributed by atoms with van der Waals surface area (Å²) >= 11 is 0. The summed E-state index contributed by atoms with van der Waals surface area (Å²) in [5.74, 6) is 3.34. The molecule has 3 aliphatic carbocycles. The first-order valence-corrected chi connectivity index (χ1v) is 13.8. The molecular weight excluding hydrogens is 413 g/mol. The molecule has 1 atom stereocenters. The molecule has 0 aliphatic heterocycles. The van der Waals surface area contributed by atoms with Crippen molar-refractivity contribution in [3.05, 3.63) is 29.7 Å². The zero-order valence-corrected chi connectivity index (χ0v) is 20.7. The highest BCUT2D eigenvalue weighted by Crippen LogP contribution is 2.40. The van der Waals surface area contributed by atoms with Crippen molar-refractivity contribution in [2.75, 3.05) is 13.2 Å². The Balaban J connectivity index is 1.16. The summed E-state index contributed by atoms with van der Waals surface area (Å²) in [5, 5.41) is 0. The monoisotopic (exact) mass is 457 g/mol. The van der Waals surface area contributed by atoms with E-state index in [1.165, 1.54) is 95.5 Å². The van der Waals surface area contributed by atoms with Gasteiger partial charge in [-0.05, 0) is 80.3 Å². The molecule has 1 aromatic heterocycles. The van der Waals surface area contributed by atoms with Crippen molar-refractivity contribution in [1.29, 1.82) is 0 Å². The summed E-state index contributed by atoms with van der Waals surface area (Å²) in [4.78, 5) is 3.98. The molecule has 0 spiro atoms. The molecule has 0 radical (unpaired) electrons. The molecule has 0 saturated heterocycles. The number of hydrogen-bond acceptors (Lipinski definition) is 3. The Morgan fingerprint density at radius 3 is 2.42 bits per heavy atom. The summed E-state index contributed by atoms with van der Waals surface area (Å²) in [6.45, 7) is 3.41. The van der Waals surface area contributed by atoms with Crippen LogP contribution in [0.3, 0.4) is 0 Å². The van der Waals surface area contributed by atoms with Gasteiger partial charge >= 0.3 is 0 Å². The van der Waals surface area contributed by atoms with E-state index in [-0.39, 0.29) is 5.75 Å². The van der Waals surface area contributed by atoms with Gasteiger partial charge in [0.15, 0.2) is 5.75 Å². The van der Waals surface area contributed by atoms with Crippen LogP contribution in [0.25, 0.3) is 0 Å². The number of nitrogens with zero attached hydrogens (tertiary/aromatic N) is 1. The summed E-state index contributed by atoms with van der Waals surface area (Å²) in [5.41, 5.74) is 1.34. The molecule has 0 bridgehead atoms. The Kier molecular flexibility index (Phi) is 9.49. The maximum Gasteiger partial charge on any atom is 0.258 e. The minimum Gasteiger partial charge on any atom is -0.488 e. The van der Waals surface area contributed by atoms with Crippen molar-refractivity contribution in [3.63, 3.8) is 0 Å². The average molecular weight is 458 g/mol. The molecule has 4 rings (SSSR count). The van der Waals surface area contributed by atoms with Crippen LogP contribution in [-0.2, 0) is 0 Å². The molecule has 4 heteroatoms. The maximum atomic E-state index is 14.3. The van der Waals surface area contributed by atoms with Crippen LogP contribution in [-0.4, -0.2) is 18.2 Å². The molecule has 0 N–H and O–H groups in total. The SMILES string of the molecule is CCCCCC1CCC(C2CC=C(COc3ccc(OCC4CCCC4)c(F)n3)CC2)CC1. The highest BCUT2D eigenvalue weighted by Gasteiger charge is 2.28. The van der Waals surface area contributed by atoms with Crippen molar-refractivity contribution in [3.8, 4) is 11.6 Å². The summed E-state index contributed by atoms with van der Waals surface area (Å²) < 4.78 is 25.8. The van der Waals surface area contributed by atoms with E-state index in [2.05, 4.69) is 18.0 Å². The van der Waals surface area contributed by atoms with E-state index in [4.69, 9.17) is 9.47 Å². The zero-order chi connectivity index (χ0) is 22.9. The number of rotatable bonds is 11. The van der Waals surface area contributed by atoms with E-state index in [1.807, 2.05) is 0 Å². The Labute approximate surface area is 200 Å². The van der Waals surface area contributed by atoms with Crippen LogP contribution in [0, 0.1) is 29.6 Å². The Morgan fingerprint density at radius 2 is 1.73 bits per heavy atom. The molecule has 2 fully saturated rings. The lowest BCUT2D eigenvalue weighted by Gasteiger charge is -2.35. The van der Waals surface area contributed by atoms with E-state index in [0.29, 0.717) is 25.0 Å². The van der Waals surface area contributed by atoms with Crippen LogP contribution in [0.4, 0.5) is 4.39 Å². The number of allylic oxidation sites excluding steroid dienone is 1. The first-order chi connectivity index (χ1) is 16.2. The summed E-state index contributed by atoms with van der Waals surface area (Å²) in [6, 6.07) is 3.40.